The first-order chi connectivity index (χ1) is 6.25. The predicted octanol–water partition coefficient (Wildman–Crippen LogP) is 2.30. The number of hydrogen-bond donors (Lipinski definition) is 0. The molecule has 0 saturated heterocycles. The van der Waals surface area contributed by atoms with Crippen LogP contribution in [0.3, 0.4) is 0 Å². The van der Waals surface area contributed by atoms with Crippen LogP contribution in [-0.4, -0.2) is 14.8 Å². The highest BCUT2D eigenvalue weighted by atomic mass is 127. The summed E-state index contributed by atoms with van der Waals surface area (Å²) < 4.78 is 3.10. The molecule has 13 heavy (non-hydrogen) atoms. The average molecular weight is 305 g/mol. The molecule has 2 rings (SSSR count). The molecule has 0 saturated carbocycles. The van der Waals surface area contributed by atoms with E-state index in [0.717, 1.165) is 12.2 Å². The van der Waals surface area contributed by atoms with Crippen LogP contribution in [0, 0.1) is 10.5 Å². The maximum Gasteiger partial charge on any atom is 0.0798 e. The number of aromatic nitrogens is 3. The first kappa shape index (κ1) is 9.14. The third-order valence-electron chi connectivity index (χ3n) is 1.75. The van der Waals surface area contributed by atoms with Crippen LogP contribution in [0.4, 0.5) is 0 Å². The van der Waals surface area contributed by atoms with Crippen molar-refractivity contribution < 1.29 is 0 Å². The summed E-state index contributed by atoms with van der Waals surface area (Å²) in [6.07, 6.45) is 3.89. The van der Waals surface area contributed by atoms with E-state index in [-0.39, 0.29) is 0 Å². The van der Waals surface area contributed by atoms with Crippen molar-refractivity contribution in [1.82, 2.24) is 14.8 Å². The van der Waals surface area contributed by atoms with Crippen LogP contribution in [0.1, 0.15) is 10.6 Å². The molecule has 0 fully saturated rings. The standard InChI is InChI=1S/C8H8IN3S/c1-6-8(13-5-10-6)4-12-3-7(9)2-11-12/h2-3,5H,4H2,1H3. The van der Waals surface area contributed by atoms with E-state index >= 15 is 0 Å². The van der Waals surface area contributed by atoms with Gasteiger partial charge in [0.1, 0.15) is 0 Å². The van der Waals surface area contributed by atoms with Crippen molar-refractivity contribution in [3.63, 3.8) is 0 Å². The fourth-order valence-electron chi connectivity index (χ4n) is 1.05. The summed E-state index contributed by atoms with van der Waals surface area (Å²) in [7, 11) is 0. The van der Waals surface area contributed by atoms with Gasteiger partial charge in [-0.25, -0.2) is 4.98 Å². The zero-order valence-corrected chi connectivity index (χ0v) is 10.0. The number of halogens is 1. The largest absolute Gasteiger partial charge is 0.266 e. The van der Waals surface area contributed by atoms with Gasteiger partial charge in [-0.15, -0.1) is 11.3 Å². The van der Waals surface area contributed by atoms with Crippen LogP contribution in [0.5, 0.6) is 0 Å². The quantitative estimate of drug-likeness (QED) is 0.797. The van der Waals surface area contributed by atoms with Gasteiger partial charge in [0, 0.05) is 11.1 Å². The minimum Gasteiger partial charge on any atom is -0.266 e. The fraction of sp³-hybridized carbons (Fsp3) is 0.250. The SMILES string of the molecule is Cc1ncsc1Cn1cc(I)cn1. The zero-order chi connectivity index (χ0) is 9.26. The van der Waals surface area contributed by atoms with Gasteiger partial charge in [-0.1, -0.05) is 0 Å². The van der Waals surface area contributed by atoms with Crippen LogP contribution >= 0.6 is 33.9 Å². The Morgan fingerprint density at radius 3 is 3.00 bits per heavy atom. The molecule has 0 unspecified atom stereocenters. The van der Waals surface area contributed by atoms with Gasteiger partial charge < -0.3 is 0 Å². The van der Waals surface area contributed by atoms with Crippen molar-refractivity contribution in [3.8, 4) is 0 Å². The lowest BCUT2D eigenvalue weighted by molar-refractivity contribution is 0.690. The molecule has 5 heteroatoms. The summed E-state index contributed by atoms with van der Waals surface area (Å²) >= 11 is 3.93. The molecule has 68 valence electrons. The number of thiazole rings is 1. The van der Waals surface area contributed by atoms with Crippen molar-refractivity contribution in [2.24, 2.45) is 0 Å². The van der Waals surface area contributed by atoms with Gasteiger partial charge in [-0.3, -0.25) is 4.68 Å². The Morgan fingerprint density at radius 2 is 2.46 bits per heavy atom. The monoisotopic (exact) mass is 305 g/mol. The highest BCUT2D eigenvalue weighted by Gasteiger charge is 2.02. The van der Waals surface area contributed by atoms with Crippen molar-refractivity contribution in [3.05, 3.63) is 32.0 Å². The molecule has 0 bridgehead atoms. The van der Waals surface area contributed by atoms with Gasteiger partial charge in [0.2, 0.25) is 0 Å². The van der Waals surface area contributed by atoms with E-state index in [9.17, 15) is 0 Å². The van der Waals surface area contributed by atoms with E-state index in [4.69, 9.17) is 0 Å². The van der Waals surface area contributed by atoms with Gasteiger partial charge in [0.05, 0.1) is 27.5 Å². The first-order valence-corrected chi connectivity index (χ1v) is 5.78. The lowest BCUT2D eigenvalue weighted by atomic mass is 10.4. The molecule has 0 spiro atoms. The molecule has 0 atom stereocenters. The lowest BCUT2D eigenvalue weighted by Crippen LogP contribution is -1.99. The van der Waals surface area contributed by atoms with Crippen molar-refractivity contribution in [1.29, 1.82) is 0 Å². The van der Waals surface area contributed by atoms with Crippen molar-refractivity contribution in [2.75, 3.05) is 0 Å². The van der Waals surface area contributed by atoms with Gasteiger partial charge in [-0.05, 0) is 29.5 Å². The Bertz CT molecular complexity index is 407. The van der Waals surface area contributed by atoms with Gasteiger partial charge in [-0.2, -0.15) is 5.10 Å². The molecule has 0 N–H and O–H groups in total. The molecule has 0 radical (unpaired) electrons. The van der Waals surface area contributed by atoms with Gasteiger partial charge in [0.15, 0.2) is 0 Å². The first-order valence-electron chi connectivity index (χ1n) is 3.82. The number of hydrogen-bond acceptors (Lipinski definition) is 3. The predicted molar refractivity (Wildman–Crippen MR) is 60.9 cm³/mol. The molecule has 0 amide bonds. The second kappa shape index (κ2) is 3.75. The van der Waals surface area contributed by atoms with E-state index < -0.39 is 0 Å². The molecule has 3 nitrogen and oxygen atoms in total. The molecular weight excluding hydrogens is 297 g/mol. The van der Waals surface area contributed by atoms with E-state index in [0.29, 0.717) is 0 Å². The van der Waals surface area contributed by atoms with E-state index in [1.54, 1.807) is 11.3 Å². The molecule has 0 aliphatic carbocycles. The maximum absolute atomic E-state index is 4.22. The van der Waals surface area contributed by atoms with E-state index in [2.05, 4.69) is 32.7 Å². The summed E-state index contributed by atoms with van der Waals surface area (Å²) in [4.78, 5) is 5.47. The van der Waals surface area contributed by atoms with Gasteiger partial charge in [0.25, 0.3) is 0 Å². The maximum atomic E-state index is 4.22. The minimum atomic E-state index is 0.833. The highest BCUT2D eigenvalue weighted by molar-refractivity contribution is 14.1. The lowest BCUT2D eigenvalue weighted by Gasteiger charge is -1.97. The average Bonchev–Trinajstić information content (AvgIpc) is 2.64. The molecule has 2 aromatic rings. The molecular formula is C8H8IN3S. The second-order valence-electron chi connectivity index (χ2n) is 2.72. The van der Waals surface area contributed by atoms with Gasteiger partial charge >= 0.3 is 0 Å². The van der Waals surface area contributed by atoms with E-state index in [1.165, 1.54) is 8.45 Å². The summed E-state index contributed by atoms with van der Waals surface area (Å²) in [6.45, 7) is 2.86. The minimum absolute atomic E-state index is 0.833. The van der Waals surface area contributed by atoms with Crippen LogP contribution in [0.15, 0.2) is 17.9 Å². The third-order valence-corrected chi connectivity index (χ3v) is 3.23. The summed E-state index contributed by atoms with van der Waals surface area (Å²) in [5.41, 5.74) is 2.98. The third kappa shape index (κ3) is 2.08. The molecule has 0 aromatic carbocycles. The molecule has 2 heterocycles. The number of rotatable bonds is 2. The number of aryl methyl sites for hydroxylation is 1. The Hall–Kier alpha value is -0.430. The van der Waals surface area contributed by atoms with Crippen LogP contribution in [0.2, 0.25) is 0 Å². The molecule has 2 aromatic heterocycles. The normalized spacial score (nSPS) is 10.6. The van der Waals surface area contributed by atoms with Crippen LogP contribution in [-0.2, 0) is 6.54 Å². The summed E-state index contributed by atoms with van der Waals surface area (Å²) in [5.74, 6) is 0. The van der Waals surface area contributed by atoms with Crippen LogP contribution in [0.25, 0.3) is 0 Å². The Labute approximate surface area is 93.9 Å². The Kier molecular flexibility index (Phi) is 2.63. The smallest absolute Gasteiger partial charge is 0.0798 e. The zero-order valence-electron chi connectivity index (χ0n) is 7.07. The van der Waals surface area contributed by atoms with Crippen molar-refractivity contribution in [2.45, 2.75) is 13.5 Å². The van der Waals surface area contributed by atoms with E-state index in [1.807, 2.05) is 29.5 Å². The molecule has 0 aliphatic rings. The summed E-state index contributed by atoms with van der Waals surface area (Å²) in [6, 6.07) is 0. The molecule has 0 aliphatic heterocycles. The Morgan fingerprint density at radius 1 is 1.62 bits per heavy atom. The fourth-order valence-corrected chi connectivity index (χ4v) is 2.26. The van der Waals surface area contributed by atoms with Crippen molar-refractivity contribution >= 4 is 33.9 Å². The Balaban J connectivity index is 2.19. The topological polar surface area (TPSA) is 30.7 Å². The van der Waals surface area contributed by atoms with Crippen LogP contribution < -0.4 is 0 Å². The number of nitrogens with zero attached hydrogens (tertiary/aromatic N) is 3. The summed E-state index contributed by atoms with van der Waals surface area (Å²) in [5, 5.41) is 4.22. The second-order valence-corrected chi connectivity index (χ2v) is 4.90. The highest BCUT2D eigenvalue weighted by Crippen LogP contribution is 2.13.